The van der Waals surface area contributed by atoms with Crippen LogP contribution in [0.5, 0.6) is 0 Å². The highest BCUT2D eigenvalue weighted by Gasteiger charge is 2.25. The second-order valence-electron chi connectivity index (χ2n) is 7.51. The number of rotatable bonds is 3. The summed E-state index contributed by atoms with van der Waals surface area (Å²) in [6.07, 6.45) is 7.77. The fraction of sp³-hybridized carbons (Fsp3) is 0.273. The van der Waals surface area contributed by atoms with Crippen molar-refractivity contribution < 1.29 is 0 Å². The zero-order chi connectivity index (χ0) is 19.8. The summed E-state index contributed by atoms with van der Waals surface area (Å²) in [5.41, 5.74) is 12.2. The summed E-state index contributed by atoms with van der Waals surface area (Å²) in [5.74, 6) is 1.42. The van der Waals surface area contributed by atoms with Gasteiger partial charge in [-0.1, -0.05) is 6.07 Å². The Hall–Kier alpha value is -2.74. The lowest BCUT2D eigenvalue weighted by atomic mass is 9.89. The number of nitrogens with zero attached hydrogens (tertiary/aromatic N) is 5. The van der Waals surface area contributed by atoms with Crippen molar-refractivity contribution in [2.75, 3.05) is 18.8 Å². The lowest BCUT2D eigenvalue weighted by Gasteiger charge is -2.26. The second kappa shape index (κ2) is 9.60. The van der Waals surface area contributed by atoms with Gasteiger partial charge in [-0.15, -0.1) is 24.8 Å². The summed E-state index contributed by atoms with van der Waals surface area (Å²) < 4.78 is 1.82. The van der Waals surface area contributed by atoms with Gasteiger partial charge in [0.2, 0.25) is 0 Å². The maximum atomic E-state index is 6.54. The first-order valence-electron chi connectivity index (χ1n) is 9.94. The predicted octanol–water partition coefficient (Wildman–Crippen LogP) is 4.05. The molecule has 0 unspecified atom stereocenters. The molecule has 0 aliphatic carbocycles. The summed E-state index contributed by atoms with van der Waals surface area (Å²) in [5, 5.41) is 7.90. The number of pyridine rings is 2. The molecule has 5 heterocycles. The molecule has 1 atom stereocenters. The van der Waals surface area contributed by atoms with E-state index in [1.807, 2.05) is 48.1 Å². The molecule has 0 amide bonds. The van der Waals surface area contributed by atoms with Crippen LogP contribution in [0.2, 0.25) is 0 Å². The molecule has 4 aromatic rings. The molecular weight excluding hydrogens is 433 g/mol. The Morgan fingerprint density at radius 1 is 1.10 bits per heavy atom. The van der Waals surface area contributed by atoms with Gasteiger partial charge in [0.05, 0.1) is 23.0 Å². The molecule has 0 bridgehead atoms. The molecule has 9 heteroatoms. The van der Waals surface area contributed by atoms with E-state index in [1.54, 1.807) is 6.20 Å². The van der Waals surface area contributed by atoms with Gasteiger partial charge in [0, 0.05) is 41.7 Å². The van der Waals surface area contributed by atoms with Crippen molar-refractivity contribution in [3.8, 4) is 22.6 Å². The third-order valence-corrected chi connectivity index (χ3v) is 5.53. The minimum absolute atomic E-state index is 0. The van der Waals surface area contributed by atoms with Crippen molar-refractivity contribution in [1.29, 1.82) is 0 Å². The van der Waals surface area contributed by atoms with Crippen LogP contribution < -0.4 is 11.1 Å². The zero-order valence-electron chi connectivity index (χ0n) is 17.2. The van der Waals surface area contributed by atoms with Crippen molar-refractivity contribution in [2.24, 2.45) is 0 Å². The molecule has 0 spiro atoms. The average Bonchev–Trinajstić information content (AvgIpc) is 3.18. The minimum Gasteiger partial charge on any atom is -0.383 e. The normalized spacial score (nSPS) is 15.8. The Balaban J connectivity index is 0.00000136. The molecule has 3 N–H and O–H groups in total. The van der Waals surface area contributed by atoms with Crippen LogP contribution in [0.4, 0.5) is 5.82 Å². The van der Waals surface area contributed by atoms with Crippen molar-refractivity contribution >= 4 is 36.1 Å². The van der Waals surface area contributed by atoms with Gasteiger partial charge >= 0.3 is 0 Å². The zero-order valence-corrected chi connectivity index (χ0v) is 18.8. The van der Waals surface area contributed by atoms with Gasteiger partial charge in [0.15, 0.2) is 5.82 Å². The summed E-state index contributed by atoms with van der Waals surface area (Å²) in [6, 6.07) is 10.0. The highest BCUT2D eigenvalue weighted by molar-refractivity contribution is 5.85. The Morgan fingerprint density at radius 2 is 1.97 bits per heavy atom. The molecule has 5 rings (SSSR count). The van der Waals surface area contributed by atoms with Gasteiger partial charge in [0.25, 0.3) is 0 Å². The number of hydrogen-bond acceptors (Lipinski definition) is 6. The van der Waals surface area contributed by atoms with Crippen LogP contribution in [0.15, 0.2) is 48.9 Å². The Kier molecular flexibility index (Phi) is 7.10. The summed E-state index contributed by atoms with van der Waals surface area (Å²) in [4.78, 5) is 14.2. The Bertz CT molecular complexity index is 1170. The lowest BCUT2D eigenvalue weighted by Crippen LogP contribution is -2.29. The first kappa shape index (κ1) is 22.9. The predicted molar refractivity (Wildman–Crippen MR) is 128 cm³/mol. The number of hydrogen-bond donors (Lipinski definition) is 2. The molecule has 1 aliphatic heterocycles. The number of fused-ring (bicyclic) bond motifs is 1. The van der Waals surface area contributed by atoms with Gasteiger partial charge in [-0.25, -0.2) is 14.5 Å². The number of piperidine rings is 1. The number of aryl methyl sites for hydroxylation is 1. The van der Waals surface area contributed by atoms with Crippen molar-refractivity contribution in [2.45, 2.75) is 25.7 Å². The van der Waals surface area contributed by atoms with Gasteiger partial charge in [-0.2, -0.15) is 5.10 Å². The fourth-order valence-corrected chi connectivity index (χ4v) is 4.04. The molecule has 162 valence electrons. The molecular formula is C22H25Cl2N7. The van der Waals surface area contributed by atoms with Crippen molar-refractivity contribution in [3.05, 3.63) is 60.2 Å². The van der Waals surface area contributed by atoms with Crippen molar-refractivity contribution in [1.82, 2.24) is 29.9 Å². The van der Waals surface area contributed by atoms with E-state index in [0.29, 0.717) is 11.6 Å². The van der Waals surface area contributed by atoms with Crippen LogP contribution in [0, 0.1) is 6.92 Å². The first-order chi connectivity index (χ1) is 14.2. The van der Waals surface area contributed by atoms with Crippen LogP contribution in [0.25, 0.3) is 28.2 Å². The maximum absolute atomic E-state index is 6.54. The quantitative estimate of drug-likeness (QED) is 0.481. The van der Waals surface area contributed by atoms with E-state index < -0.39 is 0 Å². The number of halogens is 2. The second-order valence-corrected chi connectivity index (χ2v) is 7.51. The minimum atomic E-state index is 0. The van der Waals surface area contributed by atoms with Gasteiger partial charge in [-0.3, -0.25) is 4.98 Å². The molecule has 0 saturated carbocycles. The summed E-state index contributed by atoms with van der Waals surface area (Å²) in [7, 11) is 0. The van der Waals surface area contributed by atoms with E-state index in [0.717, 1.165) is 59.5 Å². The first-order valence-corrected chi connectivity index (χ1v) is 9.94. The smallest absolute Gasteiger partial charge is 0.165 e. The van der Waals surface area contributed by atoms with Crippen molar-refractivity contribution in [3.63, 3.8) is 0 Å². The highest BCUT2D eigenvalue weighted by Crippen LogP contribution is 2.36. The monoisotopic (exact) mass is 457 g/mol. The number of anilines is 1. The van der Waals surface area contributed by atoms with Crippen LogP contribution in [-0.2, 0) is 0 Å². The van der Waals surface area contributed by atoms with E-state index in [1.165, 1.54) is 0 Å². The Labute approximate surface area is 193 Å². The van der Waals surface area contributed by atoms with Gasteiger partial charge < -0.3 is 11.1 Å². The molecule has 1 saturated heterocycles. The fourth-order valence-electron chi connectivity index (χ4n) is 4.04. The maximum Gasteiger partial charge on any atom is 0.165 e. The van der Waals surface area contributed by atoms with E-state index in [9.17, 15) is 0 Å². The van der Waals surface area contributed by atoms with Crippen LogP contribution in [0.3, 0.4) is 0 Å². The molecule has 7 nitrogen and oxygen atoms in total. The number of nitrogens with one attached hydrogen (secondary N) is 1. The van der Waals surface area contributed by atoms with Crippen LogP contribution >= 0.6 is 24.8 Å². The number of nitrogens with two attached hydrogens (primary N) is 1. The Morgan fingerprint density at radius 3 is 2.71 bits per heavy atom. The molecule has 1 fully saturated rings. The highest BCUT2D eigenvalue weighted by atomic mass is 35.5. The summed E-state index contributed by atoms with van der Waals surface area (Å²) in [6.45, 7) is 3.91. The van der Waals surface area contributed by atoms with E-state index in [-0.39, 0.29) is 30.7 Å². The largest absolute Gasteiger partial charge is 0.383 e. The molecule has 31 heavy (non-hydrogen) atoms. The average molecular weight is 458 g/mol. The summed E-state index contributed by atoms with van der Waals surface area (Å²) >= 11 is 0. The standard InChI is InChI=1S/C22H23N7.2ClH/c1-14-7-8-16(12-25-14)20-19(15-5-4-9-24-11-15)21(23)28-22(27-20)17-13-26-29-10-3-2-6-18(17)29;;/h2-3,6-8,10,12-13,15,24H,4-5,9,11H2,1H3,(H2,23,27,28);2*1H/t15-;;/m0../s1. The van der Waals surface area contributed by atoms with E-state index in [4.69, 9.17) is 15.7 Å². The van der Waals surface area contributed by atoms with Gasteiger partial charge in [0.1, 0.15) is 5.82 Å². The molecule has 0 aromatic carbocycles. The lowest BCUT2D eigenvalue weighted by molar-refractivity contribution is 0.462. The SMILES string of the molecule is Cc1ccc(-c2nc(-c3cnn4ccccc34)nc(N)c2[C@H]2CCCNC2)cn1.Cl.Cl. The topological polar surface area (TPSA) is 94.0 Å². The molecule has 4 aromatic heterocycles. The number of aromatic nitrogens is 5. The van der Waals surface area contributed by atoms with E-state index in [2.05, 4.69) is 21.5 Å². The molecule has 1 aliphatic rings. The molecule has 0 radical (unpaired) electrons. The van der Waals surface area contributed by atoms with E-state index >= 15 is 0 Å². The van der Waals surface area contributed by atoms with Crippen LogP contribution in [-0.4, -0.2) is 37.7 Å². The third-order valence-electron chi connectivity index (χ3n) is 5.53. The van der Waals surface area contributed by atoms with Crippen LogP contribution in [0.1, 0.15) is 30.0 Å². The van der Waals surface area contributed by atoms with Gasteiger partial charge in [-0.05, 0) is 50.6 Å². The number of nitrogen functional groups attached to an aromatic ring is 1. The third kappa shape index (κ3) is 4.35.